The molecular formula is C13H18N4O3. The first kappa shape index (κ1) is 14.3. The largest absolute Gasteiger partial charge is 0.339 e. The number of hydrogen-bond donors (Lipinski definition) is 2. The fraction of sp³-hybridized carbons (Fsp3) is 0.462. The van der Waals surface area contributed by atoms with Gasteiger partial charge in [0.15, 0.2) is 0 Å². The number of amides is 1. The molecule has 1 amide bonds. The van der Waals surface area contributed by atoms with Gasteiger partial charge >= 0.3 is 5.69 Å². The molecule has 1 aliphatic carbocycles. The zero-order chi connectivity index (χ0) is 14.7. The maximum absolute atomic E-state index is 12.5. The second-order valence-corrected chi connectivity index (χ2v) is 4.96. The number of nitro groups is 1. The highest BCUT2D eigenvalue weighted by Crippen LogP contribution is 2.30. The summed E-state index contributed by atoms with van der Waals surface area (Å²) in [7, 11) is 1.70. The van der Waals surface area contributed by atoms with E-state index in [1.807, 2.05) is 0 Å². The van der Waals surface area contributed by atoms with Crippen molar-refractivity contribution >= 4 is 17.3 Å². The number of benzene rings is 1. The lowest BCUT2D eigenvalue weighted by molar-refractivity contribution is -0.384. The molecule has 1 aromatic carbocycles. The van der Waals surface area contributed by atoms with Crippen molar-refractivity contribution in [2.75, 3.05) is 12.5 Å². The van der Waals surface area contributed by atoms with Gasteiger partial charge in [-0.25, -0.2) is 0 Å². The fourth-order valence-electron chi connectivity index (χ4n) is 2.68. The van der Waals surface area contributed by atoms with Crippen molar-refractivity contribution in [3.05, 3.63) is 33.9 Å². The van der Waals surface area contributed by atoms with Crippen molar-refractivity contribution in [2.24, 2.45) is 5.84 Å². The van der Waals surface area contributed by atoms with Crippen LogP contribution in [0, 0.1) is 10.1 Å². The summed E-state index contributed by atoms with van der Waals surface area (Å²) in [6.07, 6.45) is 4.08. The molecule has 0 radical (unpaired) electrons. The van der Waals surface area contributed by atoms with Crippen molar-refractivity contribution in [1.29, 1.82) is 0 Å². The summed E-state index contributed by atoms with van der Waals surface area (Å²) >= 11 is 0. The van der Waals surface area contributed by atoms with Crippen molar-refractivity contribution in [1.82, 2.24) is 4.90 Å². The number of carbonyl (C=O) groups is 1. The van der Waals surface area contributed by atoms with E-state index in [9.17, 15) is 14.9 Å². The van der Waals surface area contributed by atoms with Crippen LogP contribution in [0.5, 0.6) is 0 Å². The minimum absolute atomic E-state index is 0.0693. The van der Waals surface area contributed by atoms with Crippen LogP contribution < -0.4 is 11.3 Å². The van der Waals surface area contributed by atoms with Gasteiger partial charge in [-0.3, -0.25) is 20.8 Å². The monoisotopic (exact) mass is 278 g/mol. The molecule has 7 heteroatoms. The van der Waals surface area contributed by atoms with Crippen LogP contribution in [0.2, 0.25) is 0 Å². The Bertz CT molecular complexity index is 526. The molecule has 0 heterocycles. The Balaban J connectivity index is 2.36. The van der Waals surface area contributed by atoms with Crippen LogP contribution in [0.3, 0.4) is 0 Å². The molecule has 1 aliphatic rings. The first-order chi connectivity index (χ1) is 9.56. The standard InChI is InChI=1S/C13H18N4O3/c1-16(9-5-2-3-6-9)13(18)10-7-4-8-11(15-14)12(10)17(19)20/h4,7-9,15H,2-3,5-6,14H2,1H3. The first-order valence-electron chi connectivity index (χ1n) is 6.57. The maximum atomic E-state index is 12.5. The van der Waals surface area contributed by atoms with E-state index in [0.717, 1.165) is 25.7 Å². The van der Waals surface area contributed by atoms with Crippen LogP contribution >= 0.6 is 0 Å². The topological polar surface area (TPSA) is 102 Å². The second kappa shape index (κ2) is 5.87. The number of nitrogen functional groups attached to an aromatic ring is 1. The minimum Gasteiger partial charge on any atom is -0.339 e. The third kappa shape index (κ3) is 2.57. The molecule has 20 heavy (non-hydrogen) atoms. The predicted molar refractivity (Wildman–Crippen MR) is 75.3 cm³/mol. The molecule has 0 saturated heterocycles. The van der Waals surface area contributed by atoms with E-state index in [4.69, 9.17) is 5.84 Å². The van der Waals surface area contributed by atoms with Gasteiger partial charge in [0, 0.05) is 13.1 Å². The average Bonchev–Trinajstić information content (AvgIpc) is 2.98. The van der Waals surface area contributed by atoms with Gasteiger partial charge in [-0.15, -0.1) is 0 Å². The molecule has 7 nitrogen and oxygen atoms in total. The Labute approximate surface area is 116 Å². The Morgan fingerprint density at radius 3 is 2.65 bits per heavy atom. The van der Waals surface area contributed by atoms with Gasteiger partial charge in [0.25, 0.3) is 5.91 Å². The summed E-state index contributed by atoms with van der Waals surface area (Å²) in [6, 6.07) is 4.69. The maximum Gasteiger partial charge on any atom is 0.306 e. The van der Waals surface area contributed by atoms with Gasteiger partial charge in [0.1, 0.15) is 11.3 Å². The lowest BCUT2D eigenvalue weighted by Gasteiger charge is -2.24. The summed E-state index contributed by atoms with van der Waals surface area (Å²) in [5, 5.41) is 11.2. The zero-order valence-corrected chi connectivity index (χ0v) is 11.3. The summed E-state index contributed by atoms with van der Waals surface area (Å²) in [6.45, 7) is 0. The lowest BCUT2D eigenvalue weighted by Crippen LogP contribution is -2.35. The average molecular weight is 278 g/mol. The molecule has 0 aliphatic heterocycles. The molecule has 0 unspecified atom stereocenters. The third-order valence-electron chi connectivity index (χ3n) is 3.80. The highest BCUT2D eigenvalue weighted by Gasteiger charge is 2.30. The van der Waals surface area contributed by atoms with Crippen molar-refractivity contribution < 1.29 is 9.72 Å². The van der Waals surface area contributed by atoms with E-state index in [-0.39, 0.29) is 28.9 Å². The van der Waals surface area contributed by atoms with Gasteiger partial charge in [-0.05, 0) is 25.0 Å². The Hall–Kier alpha value is -2.15. The molecule has 0 aromatic heterocycles. The number of carbonyl (C=O) groups excluding carboxylic acids is 1. The number of rotatable bonds is 4. The fourth-order valence-corrected chi connectivity index (χ4v) is 2.68. The molecule has 1 fully saturated rings. The molecule has 2 rings (SSSR count). The van der Waals surface area contributed by atoms with Gasteiger partial charge in [-0.1, -0.05) is 18.9 Å². The zero-order valence-electron chi connectivity index (χ0n) is 11.3. The molecule has 0 bridgehead atoms. The normalized spacial score (nSPS) is 15.1. The number of hydrogen-bond acceptors (Lipinski definition) is 5. The number of nitrogens with zero attached hydrogens (tertiary/aromatic N) is 2. The Morgan fingerprint density at radius 1 is 1.45 bits per heavy atom. The van der Waals surface area contributed by atoms with E-state index in [1.165, 1.54) is 12.1 Å². The van der Waals surface area contributed by atoms with Crippen LogP contribution in [0.1, 0.15) is 36.0 Å². The smallest absolute Gasteiger partial charge is 0.306 e. The van der Waals surface area contributed by atoms with Crippen LogP contribution in [-0.4, -0.2) is 28.8 Å². The molecule has 0 spiro atoms. The third-order valence-corrected chi connectivity index (χ3v) is 3.80. The SMILES string of the molecule is CN(C(=O)c1cccc(NN)c1[N+](=O)[O-])C1CCCC1. The van der Waals surface area contributed by atoms with Crippen molar-refractivity contribution in [3.63, 3.8) is 0 Å². The van der Waals surface area contributed by atoms with Crippen LogP contribution in [0.15, 0.2) is 18.2 Å². The van der Waals surface area contributed by atoms with Crippen molar-refractivity contribution in [2.45, 2.75) is 31.7 Å². The molecule has 1 saturated carbocycles. The summed E-state index contributed by atoms with van der Waals surface area (Å²) in [5.41, 5.74) is 2.20. The van der Waals surface area contributed by atoms with Gasteiger partial charge in [0.2, 0.25) is 0 Å². The molecule has 0 atom stereocenters. The van der Waals surface area contributed by atoms with Gasteiger partial charge < -0.3 is 10.3 Å². The summed E-state index contributed by atoms with van der Waals surface area (Å²) in [5.74, 6) is 4.94. The molecule has 3 N–H and O–H groups in total. The van der Waals surface area contributed by atoms with E-state index in [1.54, 1.807) is 18.0 Å². The quantitative estimate of drug-likeness (QED) is 0.497. The number of nitrogens with two attached hydrogens (primary N) is 1. The van der Waals surface area contributed by atoms with E-state index >= 15 is 0 Å². The lowest BCUT2D eigenvalue weighted by atomic mass is 10.1. The summed E-state index contributed by atoms with van der Waals surface area (Å²) in [4.78, 5) is 24.7. The number of hydrazine groups is 1. The Morgan fingerprint density at radius 2 is 2.10 bits per heavy atom. The number of nitro benzene ring substituents is 1. The molecular weight excluding hydrogens is 260 g/mol. The first-order valence-corrected chi connectivity index (χ1v) is 6.57. The summed E-state index contributed by atoms with van der Waals surface area (Å²) < 4.78 is 0. The van der Waals surface area contributed by atoms with Gasteiger partial charge in [0.05, 0.1) is 4.92 Å². The molecule has 1 aromatic rings. The second-order valence-electron chi connectivity index (χ2n) is 4.96. The van der Waals surface area contributed by atoms with Crippen LogP contribution in [-0.2, 0) is 0 Å². The van der Waals surface area contributed by atoms with E-state index < -0.39 is 4.92 Å². The van der Waals surface area contributed by atoms with Crippen LogP contribution in [0.25, 0.3) is 0 Å². The number of nitrogens with one attached hydrogen (secondary N) is 1. The van der Waals surface area contributed by atoms with E-state index in [0.29, 0.717) is 0 Å². The highest BCUT2D eigenvalue weighted by molar-refractivity contribution is 6.00. The predicted octanol–water partition coefficient (Wildman–Crippen LogP) is 1.89. The van der Waals surface area contributed by atoms with E-state index in [2.05, 4.69) is 5.43 Å². The minimum atomic E-state index is -0.578. The number of anilines is 1. The van der Waals surface area contributed by atoms with Gasteiger partial charge in [-0.2, -0.15) is 0 Å². The van der Waals surface area contributed by atoms with Crippen LogP contribution in [0.4, 0.5) is 11.4 Å². The molecule has 108 valence electrons. The van der Waals surface area contributed by atoms with Crippen molar-refractivity contribution in [3.8, 4) is 0 Å². The highest BCUT2D eigenvalue weighted by atomic mass is 16.6. The number of para-hydroxylation sites is 1. The Kier molecular flexibility index (Phi) is 4.19.